The summed E-state index contributed by atoms with van der Waals surface area (Å²) < 4.78 is 5.14. The van der Waals surface area contributed by atoms with E-state index >= 15 is 0 Å². The lowest BCUT2D eigenvalue weighted by molar-refractivity contribution is -0.123. The van der Waals surface area contributed by atoms with Gasteiger partial charge in [0.2, 0.25) is 5.91 Å². The number of carbonyl (C=O) groups is 3. The van der Waals surface area contributed by atoms with Crippen molar-refractivity contribution >= 4 is 17.7 Å². The van der Waals surface area contributed by atoms with E-state index < -0.39 is 0 Å². The molecule has 1 unspecified atom stereocenters. The van der Waals surface area contributed by atoms with Crippen molar-refractivity contribution in [3.8, 4) is 0 Å². The number of piperazine rings is 1. The summed E-state index contributed by atoms with van der Waals surface area (Å²) in [6.45, 7) is 4.28. The Morgan fingerprint density at radius 1 is 1.17 bits per heavy atom. The summed E-state index contributed by atoms with van der Waals surface area (Å²) >= 11 is 0. The van der Waals surface area contributed by atoms with Gasteiger partial charge in [0.25, 0.3) is 11.8 Å². The summed E-state index contributed by atoms with van der Waals surface area (Å²) in [4.78, 5) is 44.0. The van der Waals surface area contributed by atoms with Crippen LogP contribution in [-0.2, 0) is 11.2 Å². The molecule has 0 spiro atoms. The van der Waals surface area contributed by atoms with Gasteiger partial charge in [-0.1, -0.05) is 12.1 Å². The minimum atomic E-state index is -0.123. The van der Waals surface area contributed by atoms with Crippen LogP contribution in [0.5, 0.6) is 0 Å². The van der Waals surface area contributed by atoms with Gasteiger partial charge in [0, 0.05) is 31.7 Å². The number of nitrogens with one attached hydrogen (secondary N) is 1. The molecule has 3 heterocycles. The van der Waals surface area contributed by atoms with Gasteiger partial charge in [0.15, 0.2) is 12.1 Å². The Labute approximate surface area is 168 Å². The predicted octanol–water partition coefficient (Wildman–Crippen LogP) is 1.26. The molecule has 1 N–H and O–H groups in total. The number of rotatable bonds is 4. The molecular formula is C21H24N4O4. The molecule has 1 atom stereocenters. The van der Waals surface area contributed by atoms with Crippen molar-refractivity contribution in [3.63, 3.8) is 0 Å². The van der Waals surface area contributed by atoms with Crippen LogP contribution in [-0.4, -0.2) is 65.2 Å². The van der Waals surface area contributed by atoms with Crippen molar-refractivity contribution in [2.75, 3.05) is 32.7 Å². The van der Waals surface area contributed by atoms with Gasteiger partial charge in [-0.05, 0) is 43.4 Å². The van der Waals surface area contributed by atoms with E-state index in [1.54, 1.807) is 11.8 Å². The first-order chi connectivity index (χ1) is 14.0. The molecule has 29 heavy (non-hydrogen) atoms. The highest BCUT2D eigenvalue weighted by Gasteiger charge is 2.29. The molecular weight excluding hydrogens is 372 g/mol. The quantitative estimate of drug-likeness (QED) is 0.839. The fraction of sp³-hybridized carbons (Fsp3) is 0.429. The third-order valence-corrected chi connectivity index (χ3v) is 5.57. The molecule has 2 aliphatic heterocycles. The molecule has 0 saturated carbocycles. The van der Waals surface area contributed by atoms with Crippen molar-refractivity contribution in [2.24, 2.45) is 5.92 Å². The van der Waals surface area contributed by atoms with Crippen molar-refractivity contribution < 1.29 is 18.8 Å². The molecule has 152 valence electrons. The van der Waals surface area contributed by atoms with E-state index in [-0.39, 0.29) is 24.3 Å². The number of aryl methyl sites for hydroxylation is 1. The van der Waals surface area contributed by atoms with Gasteiger partial charge in [0.1, 0.15) is 5.76 Å². The SMILES string of the molecule is Cc1ocnc1C(=O)N1CCC(Cc2ccc(C(=O)N3CCNC(=O)C3)cc2)C1. The molecule has 3 amide bonds. The highest BCUT2D eigenvalue weighted by molar-refractivity contribution is 5.97. The number of benzene rings is 1. The monoisotopic (exact) mass is 396 g/mol. The molecule has 4 rings (SSSR count). The van der Waals surface area contributed by atoms with Gasteiger partial charge in [0.05, 0.1) is 6.54 Å². The molecule has 1 aromatic carbocycles. The molecule has 0 radical (unpaired) electrons. The molecule has 8 nitrogen and oxygen atoms in total. The van der Waals surface area contributed by atoms with Crippen LogP contribution < -0.4 is 5.32 Å². The number of carbonyl (C=O) groups excluding carboxylic acids is 3. The number of likely N-dealkylation sites (tertiary alicyclic amines) is 1. The van der Waals surface area contributed by atoms with E-state index in [1.165, 1.54) is 6.39 Å². The van der Waals surface area contributed by atoms with Crippen LogP contribution in [0.1, 0.15) is 38.6 Å². The molecule has 1 aromatic heterocycles. The Hall–Kier alpha value is -3.16. The van der Waals surface area contributed by atoms with Crippen LogP contribution in [0.4, 0.5) is 0 Å². The number of oxazole rings is 1. The number of hydrogen-bond acceptors (Lipinski definition) is 5. The van der Waals surface area contributed by atoms with Gasteiger partial charge in [-0.25, -0.2) is 4.98 Å². The molecule has 0 aliphatic carbocycles. The molecule has 0 bridgehead atoms. The standard InChI is InChI=1S/C21H24N4O4/c1-14-19(23-13-29-14)21(28)24-8-6-16(11-24)10-15-2-4-17(5-3-15)20(27)25-9-7-22-18(26)12-25/h2-5,13,16H,6-12H2,1H3,(H,22,26). The van der Waals surface area contributed by atoms with Crippen LogP contribution in [0, 0.1) is 12.8 Å². The zero-order chi connectivity index (χ0) is 20.4. The number of nitrogens with zero attached hydrogens (tertiary/aromatic N) is 3. The fourth-order valence-corrected chi connectivity index (χ4v) is 3.96. The van der Waals surface area contributed by atoms with Gasteiger partial charge in [-0.3, -0.25) is 14.4 Å². The fourth-order valence-electron chi connectivity index (χ4n) is 3.96. The largest absolute Gasteiger partial charge is 0.448 e. The van der Waals surface area contributed by atoms with Gasteiger partial charge in [-0.2, -0.15) is 0 Å². The molecule has 2 fully saturated rings. The first-order valence-corrected chi connectivity index (χ1v) is 9.85. The lowest BCUT2D eigenvalue weighted by Gasteiger charge is -2.26. The highest BCUT2D eigenvalue weighted by atomic mass is 16.3. The van der Waals surface area contributed by atoms with Crippen molar-refractivity contribution in [1.29, 1.82) is 0 Å². The molecule has 2 saturated heterocycles. The Morgan fingerprint density at radius 2 is 1.97 bits per heavy atom. The summed E-state index contributed by atoms with van der Waals surface area (Å²) in [5.74, 6) is 0.600. The highest BCUT2D eigenvalue weighted by Crippen LogP contribution is 2.23. The van der Waals surface area contributed by atoms with E-state index in [0.29, 0.717) is 49.1 Å². The Morgan fingerprint density at radius 3 is 2.66 bits per heavy atom. The van der Waals surface area contributed by atoms with E-state index in [0.717, 1.165) is 18.4 Å². The summed E-state index contributed by atoms with van der Waals surface area (Å²) in [5, 5.41) is 2.72. The minimum absolute atomic E-state index is 0.0785. The van der Waals surface area contributed by atoms with Gasteiger partial charge < -0.3 is 19.5 Å². The normalized spacial score (nSPS) is 19.3. The maximum absolute atomic E-state index is 12.6. The summed E-state index contributed by atoms with van der Waals surface area (Å²) in [6.07, 6.45) is 3.09. The third kappa shape index (κ3) is 4.16. The Kier molecular flexibility index (Phi) is 5.33. The average molecular weight is 396 g/mol. The smallest absolute Gasteiger partial charge is 0.276 e. The number of amides is 3. The summed E-state index contributed by atoms with van der Waals surface area (Å²) in [5.41, 5.74) is 2.11. The maximum Gasteiger partial charge on any atom is 0.276 e. The summed E-state index contributed by atoms with van der Waals surface area (Å²) in [7, 11) is 0. The molecule has 2 aromatic rings. The van der Waals surface area contributed by atoms with Crippen molar-refractivity contribution in [1.82, 2.24) is 20.1 Å². The first kappa shape index (κ1) is 19.2. The van der Waals surface area contributed by atoms with E-state index in [1.807, 2.05) is 29.2 Å². The van der Waals surface area contributed by atoms with Crippen molar-refractivity contribution in [2.45, 2.75) is 19.8 Å². The Bertz CT molecular complexity index is 921. The lowest BCUT2D eigenvalue weighted by atomic mass is 9.97. The van der Waals surface area contributed by atoms with Crippen molar-refractivity contribution in [3.05, 3.63) is 53.2 Å². The van der Waals surface area contributed by atoms with E-state index in [2.05, 4.69) is 10.3 Å². The Balaban J connectivity index is 1.33. The van der Waals surface area contributed by atoms with Crippen LogP contribution in [0.3, 0.4) is 0 Å². The van der Waals surface area contributed by atoms with Gasteiger partial charge in [-0.15, -0.1) is 0 Å². The van der Waals surface area contributed by atoms with E-state index in [9.17, 15) is 14.4 Å². The van der Waals surface area contributed by atoms with Crippen LogP contribution in [0.15, 0.2) is 35.1 Å². The second kappa shape index (κ2) is 8.06. The first-order valence-electron chi connectivity index (χ1n) is 9.85. The minimum Gasteiger partial charge on any atom is -0.448 e. The topological polar surface area (TPSA) is 95.8 Å². The van der Waals surface area contributed by atoms with Crippen LogP contribution in [0.25, 0.3) is 0 Å². The second-order valence-corrected chi connectivity index (χ2v) is 7.64. The zero-order valence-electron chi connectivity index (χ0n) is 16.4. The summed E-state index contributed by atoms with van der Waals surface area (Å²) in [6, 6.07) is 7.56. The maximum atomic E-state index is 12.6. The molecule has 2 aliphatic rings. The molecule has 8 heteroatoms. The van der Waals surface area contributed by atoms with E-state index in [4.69, 9.17) is 4.42 Å². The number of aromatic nitrogens is 1. The van der Waals surface area contributed by atoms with Gasteiger partial charge >= 0.3 is 0 Å². The predicted molar refractivity (Wildman–Crippen MR) is 104 cm³/mol. The van der Waals surface area contributed by atoms with Crippen LogP contribution in [0.2, 0.25) is 0 Å². The number of hydrogen-bond donors (Lipinski definition) is 1. The zero-order valence-corrected chi connectivity index (χ0v) is 16.4. The average Bonchev–Trinajstić information content (AvgIpc) is 3.36. The lowest BCUT2D eigenvalue weighted by Crippen LogP contribution is -2.49. The third-order valence-electron chi connectivity index (χ3n) is 5.57. The second-order valence-electron chi connectivity index (χ2n) is 7.64. The van der Waals surface area contributed by atoms with Crippen LogP contribution >= 0.6 is 0 Å².